The van der Waals surface area contributed by atoms with Crippen LogP contribution >= 0.6 is 0 Å². The van der Waals surface area contributed by atoms with E-state index in [0.29, 0.717) is 22.8 Å². The number of hydrogen-bond donors (Lipinski definition) is 2. The van der Waals surface area contributed by atoms with Crippen molar-refractivity contribution in [3.8, 4) is 0 Å². The van der Waals surface area contributed by atoms with Gasteiger partial charge in [-0.15, -0.1) is 0 Å². The quantitative estimate of drug-likeness (QED) is 0.669. The number of aromatic carboxylic acids is 1. The summed E-state index contributed by atoms with van der Waals surface area (Å²) >= 11 is 0. The monoisotopic (exact) mass is 362 g/mol. The van der Waals surface area contributed by atoms with Gasteiger partial charge in [0.15, 0.2) is 0 Å². The molecule has 1 aliphatic carbocycles. The average molecular weight is 362 g/mol. The van der Waals surface area contributed by atoms with Gasteiger partial charge in [-0.3, -0.25) is 0 Å². The van der Waals surface area contributed by atoms with Crippen LogP contribution in [0.5, 0.6) is 0 Å². The summed E-state index contributed by atoms with van der Waals surface area (Å²) in [6, 6.07) is 16.1. The molecular weight excluding hydrogens is 340 g/mol. The average Bonchev–Trinajstić information content (AvgIpc) is 3.53. The van der Waals surface area contributed by atoms with Crippen molar-refractivity contribution in [2.24, 2.45) is 0 Å². The van der Waals surface area contributed by atoms with Gasteiger partial charge in [0, 0.05) is 18.0 Å². The van der Waals surface area contributed by atoms with Crippen LogP contribution < -0.4 is 5.32 Å². The van der Waals surface area contributed by atoms with E-state index in [0.717, 1.165) is 6.54 Å². The number of nitrogens with zero attached hydrogens (tertiary/aromatic N) is 3. The van der Waals surface area contributed by atoms with Crippen LogP contribution in [-0.2, 0) is 0 Å². The molecule has 1 saturated carbocycles. The molecule has 0 spiro atoms. The Morgan fingerprint density at radius 2 is 1.96 bits per heavy atom. The molecule has 0 bridgehead atoms. The fourth-order valence-corrected chi connectivity index (χ4v) is 3.41. The molecule has 2 N–H and O–H groups in total. The molecule has 1 fully saturated rings. The largest absolute Gasteiger partial charge is 0.478 e. The van der Waals surface area contributed by atoms with Crippen molar-refractivity contribution in [3.05, 3.63) is 66.0 Å². The third-order valence-electron chi connectivity index (χ3n) is 5.05. The number of carboxylic acids is 1. The van der Waals surface area contributed by atoms with E-state index in [4.69, 9.17) is 0 Å². The zero-order valence-electron chi connectivity index (χ0n) is 15.2. The summed E-state index contributed by atoms with van der Waals surface area (Å²) in [5.74, 6) is -0.334. The maximum atomic E-state index is 11.5. The molecule has 0 aliphatic heterocycles. The number of nitrogens with one attached hydrogen (secondary N) is 1. The highest BCUT2D eigenvalue weighted by molar-refractivity contribution is 6.04. The number of rotatable bonds is 7. The SMILES string of the molecule is CN(C[C@@H](Nc1ncnc2c(C(=O)O)cccc12)c1ccccc1)C1CC1. The second-order valence-corrected chi connectivity index (χ2v) is 7.01. The van der Waals surface area contributed by atoms with Crippen LogP contribution in [0, 0.1) is 0 Å². The minimum absolute atomic E-state index is 0.0448. The molecule has 4 rings (SSSR count). The zero-order valence-corrected chi connectivity index (χ0v) is 15.2. The summed E-state index contributed by atoms with van der Waals surface area (Å²) in [4.78, 5) is 22.5. The van der Waals surface area contributed by atoms with Crippen LogP contribution in [0.15, 0.2) is 54.9 Å². The fraction of sp³-hybridized carbons (Fsp3) is 0.286. The van der Waals surface area contributed by atoms with Gasteiger partial charge < -0.3 is 15.3 Å². The zero-order chi connectivity index (χ0) is 18.8. The maximum Gasteiger partial charge on any atom is 0.337 e. The number of fused-ring (bicyclic) bond motifs is 1. The van der Waals surface area contributed by atoms with Crippen molar-refractivity contribution in [2.45, 2.75) is 24.9 Å². The molecular formula is C21H22N4O2. The predicted molar refractivity (Wildman–Crippen MR) is 105 cm³/mol. The van der Waals surface area contributed by atoms with Gasteiger partial charge in [0.05, 0.1) is 17.1 Å². The van der Waals surface area contributed by atoms with E-state index >= 15 is 0 Å². The van der Waals surface area contributed by atoms with Gasteiger partial charge in [-0.1, -0.05) is 36.4 Å². The summed E-state index contributed by atoms with van der Waals surface area (Å²) in [6.07, 6.45) is 3.91. The molecule has 1 atom stereocenters. The standard InChI is InChI=1S/C21H22N4O2/c1-25(15-10-11-15)12-18(14-6-3-2-4-7-14)24-20-16-8-5-9-17(21(26)27)19(16)22-13-23-20/h2-9,13,15,18H,10-12H2,1H3,(H,26,27)(H,22,23,24)/t18-/m1/s1. The van der Waals surface area contributed by atoms with Crippen molar-refractivity contribution >= 4 is 22.7 Å². The topological polar surface area (TPSA) is 78.3 Å². The Kier molecular flexibility index (Phi) is 4.73. The van der Waals surface area contributed by atoms with E-state index in [1.54, 1.807) is 12.1 Å². The highest BCUT2D eigenvalue weighted by Crippen LogP contribution is 2.30. The Hall–Kier alpha value is -2.99. The van der Waals surface area contributed by atoms with Gasteiger partial charge in [0.25, 0.3) is 0 Å². The van der Waals surface area contributed by atoms with E-state index in [1.165, 1.54) is 24.7 Å². The Morgan fingerprint density at radius 1 is 1.19 bits per heavy atom. The summed E-state index contributed by atoms with van der Waals surface area (Å²) in [6.45, 7) is 0.846. The lowest BCUT2D eigenvalue weighted by atomic mass is 10.1. The van der Waals surface area contributed by atoms with Crippen molar-refractivity contribution < 1.29 is 9.90 Å². The van der Waals surface area contributed by atoms with Gasteiger partial charge in [-0.25, -0.2) is 14.8 Å². The number of carbonyl (C=O) groups is 1. The van der Waals surface area contributed by atoms with Gasteiger partial charge >= 0.3 is 5.97 Å². The molecule has 3 aromatic rings. The lowest BCUT2D eigenvalue weighted by molar-refractivity contribution is 0.0699. The Labute approximate surface area is 157 Å². The van der Waals surface area contributed by atoms with Gasteiger partial charge in [-0.2, -0.15) is 0 Å². The van der Waals surface area contributed by atoms with E-state index in [-0.39, 0.29) is 11.6 Å². The number of aromatic nitrogens is 2. The molecule has 1 aromatic heterocycles. The smallest absolute Gasteiger partial charge is 0.337 e. The van der Waals surface area contributed by atoms with Crippen molar-refractivity contribution in [1.82, 2.24) is 14.9 Å². The summed E-state index contributed by atoms with van der Waals surface area (Å²) in [5, 5.41) is 13.7. The van der Waals surface area contributed by atoms with E-state index < -0.39 is 5.97 Å². The van der Waals surface area contributed by atoms with Crippen LogP contribution in [0.3, 0.4) is 0 Å². The van der Waals surface area contributed by atoms with E-state index in [2.05, 4.69) is 39.4 Å². The predicted octanol–water partition coefficient (Wildman–Crippen LogP) is 3.58. The maximum absolute atomic E-state index is 11.5. The molecule has 0 radical (unpaired) electrons. The number of para-hydroxylation sites is 1. The first-order chi connectivity index (χ1) is 13.1. The minimum Gasteiger partial charge on any atom is -0.478 e. The first kappa shape index (κ1) is 17.4. The van der Waals surface area contributed by atoms with Crippen molar-refractivity contribution in [3.63, 3.8) is 0 Å². The van der Waals surface area contributed by atoms with Crippen LogP contribution in [0.1, 0.15) is 34.8 Å². The molecule has 27 heavy (non-hydrogen) atoms. The molecule has 2 aromatic carbocycles. The Balaban J connectivity index is 1.70. The van der Waals surface area contributed by atoms with Gasteiger partial charge in [-0.05, 0) is 37.6 Å². The minimum atomic E-state index is -0.988. The third kappa shape index (κ3) is 3.75. The first-order valence-corrected chi connectivity index (χ1v) is 9.12. The number of hydrogen-bond acceptors (Lipinski definition) is 5. The highest BCUT2D eigenvalue weighted by Gasteiger charge is 2.28. The number of carboxylic acid groups (broad SMARTS) is 1. The summed E-state index contributed by atoms with van der Waals surface area (Å²) in [5.41, 5.74) is 1.81. The normalized spacial score (nSPS) is 15.0. The van der Waals surface area contributed by atoms with Crippen LogP contribution in [0.4, 0.5) is 5.82 Å². The Morgan fingerprint density at radius 3 is 2.67 bits per heavy atom. The third-order valence-corrected chi connectivity index (χ3v) is 5.05. The number of anilines is 1. The molecule has 6 heteroatoms. The van der Waals surface area contributed by atoms with E-state index in [1.807, 2.05) is 24.3 Å². The molecule has 6 nitrogen and oxygen atoms in total. The molecule has 0 saturated heterocycles. The van der Waals surface area contributed by atoms with E-state index in [9.17, 15) is 9.90 Å². The lowest BCUT2D eigenvalue weighted by Crippen LogP contribution is -2.30. The van der Waals surface area contributed by atoms with Crippen LogP contribution in [0.25, 0.3) is 10.9 Å². The van der Waals surface area contributed by atoms with Crippen LogP contribution in [0.2, 0.25) is 0 Å². The molecule has 1 aliphatic rings. The molecule has 0 unspecified atom stereocenters. The Bertz CT molecular complexity index is 957. The van der Waals surface area contributed by atoms with Crippen molar-refractivity contribution in [2.75, 3.05) is 18.9 Å². The van der Waals surface area contributed by atoms with Crippen molar-refractivity contribution in [1.29, 1.82) is 0 Å². The second kappa shape index (κ2) is 7.32. The molecule has 138 valence electrons. The second-order valence-electron chi connectivity index (χ2n) is 7.01. The first-order valence-electron chi connectivity index (χ1n) is 9.12. The lowest BCUT2D eigenvalue weighted by Gasteiger charge is -2.26. The van der Waals surface area contributed by atoms with Gasteiger partial charge in [0.1, 0.15) is 12.1 Å². The fourth-order valence-electron chi connectivity index (χ4n) is 3.41. The molecule has 1 heterocycles. The number of likely N-dealkylation sites (N-methyl/N-ethyl adjacent to an activating group) is 1. The number of benzene rings is 2. The van der Waals surface area contributed by atoms with Crippen LogP contribution in [-0.4, -0.2) is 45.6 Å². The summed E-state index contributed by atoms with van der Waals surface area (Å²) < 4.78 is 0. The van der Waals surface area contributed by atoms with Gasteiger partial charge in [0.2, 0.25) is 0 Å². The summed E-state index contributed by atoms with van der Waals surface area (Å²) in [7, 11) is 2.15. The highest BCUT2D eigenvalue weighted by atomic mass is 16.4. The molecule has 0 amide bonds.